The van der Waals surface area contributed by atoms with E-state index in [0.29, 0.717) is 11.3 Å². The predicted octanol–water partition coefficient (Wildman–Crippen LogP) is 2.57. The smallest absolute Gasteiger partial charge is 0.337 e. The summed E-state index contributed by atoms with van der Waals surface area (Å²) in [7, 11) is 1.49. The van der Waals surface area contributed by atoms with E-state index < -0.39 is 17.8 Å². The number of halogens is 1. The Labute approximate surface area is 175 Å². The summed E-state index contributed by atoms with van der Waals surface area (Å²) in [5, 5.41) is 11.8. The van der Waals surface area contributed by atoms with Gasteiger partial charge in [-0.05, 0) is 48.6 Å². The summed E-state index contributed by atoms with van der Waals surface area (Å²) < 4.78 is 10.6. The minimum absolute atomic E-state index is 0.0108. The molecule has 0 spiro atoms. The first kappa shape index (κ1) is 20.7. The fourth-order valence-electron chi connectivity index (χ4n) is 2.65. The molecule has 8 nitrogen and oxygen atoms in total. The number of methoxy groups -OCH3 is 1. The van der Waals surface area contributed by atoms with Crippen LogP contribution in [-0.4, -0.2) is 53.2 Å². The van der Waals surface area contributed by atoms with Crippen LogP contribution in [-0.2, 0) is 14.3 Å². The lowest BCUT2D eigenvalue weighted by Crippen LogP contribution is -2.54. The Morgan fingerprint density at radius 1 is 1.34 bits per heavy atom. The third-order valence-corrected chi connectivity index (χ3v) is 4.75. The second-order valence-electron chi connectivity index (χ2n) is 5.97. The van der Waals surface area contributed by atoms with E-state index in [1.54, 1.807) is 18.2 Å². The van der Waals surface area contributed by atoms with Crippen molar-refractivity contribution in [3.05, 3.63) is 52.3 Å². The van der Waals surface area contributed by atoms with E-state index in [1.165, 1.54) is 30.2 Å². The van der Waals surface area contributed by atoms with Crippen LogP contribution in [0.3, 0.4) is 0 Å². The molecule has 0 radical (unpaired) electrons. The lowest BCUT2D eigenvalue weighted by molar-refractivity contribution is -0.129. The molecule has 2 amide bonds. The Hall–Kier alpha value is -3.01. The van der Waals surface area contributed by atoms with E-state index >= 15 is 0 Å². The number of nitrogens with zero attached hydrogens (tertiary/aromatic N) is 1. The van der Waals surface area contributed by atoms with Gasteiger partial charge in [0, 0.05) is 12.7 Å². The number of amides is 2. The van der Waals surface area contributed by atoms with Gasteiger partial charge >= 0.3 is 5.97 Å². The average molecular weight is 435 g/mol. The van der Waals surface area contributed by atoms with E-state index in [9.17, 15) is 19.5 Å². The van der Waals surface area contributed by atoms with Gasteiger partial charge in [0.2, 0.25) is 0 Å². The molecule has 1 aromatic heterocycles. The molecule has 0 saturated carbocycles. The standard InChI is InChI=1S/C19H15ClN2O6S/c1-27-7-6-22-17(24)13(16(23)21-19(22)29)9-11-3-5-15(28-11)10-2-4-14(20)12(8-10)18(25)26/h2-5,8-9H,6-7H2,1H3,(H,25,26)(H,21,23,29)/b13-9+. The second kappa shape index (κ2) is 8.56. The lowest BCUT2D eigenvalue weighted by Gasteiger charge is -2.28. The van der Waals surface area contributed by atoms with Crippen LogP contribution in [0.5, 0.6) is 0 Å². The van der Waals surface area contributed by atoms with Gasteiger partial charge in [0.05, 0.1) is 23.7 Å². The van der Waals surface area contributed by atoms with Crippen molar-refractivity contribution in [3.8, 4) is 11.3 Å². The summed E-state index contributed by atoms with van der Waals surface area (Å²) in [5.41, 5.74) is 0.279. The fraction of sp³-hybridized carbons (Fsp3) is 0.158. The van der Waals surface area contributed by atoms with Gasteiger partial charge in [0.1, 0.15) is 17.1 Å². The Balaban J connectivity index is 1.90. The maximum absolute atomic E-state index is 12.6. The second-order valence-corrected chi connectivity index (χ2v) is 6.76. The van der Waals surface area contributed by atoms with Crippen LogP contribution in [0.25, 0.3) is 17.4 Å². The van der Waals surface area contributed by atoms with E-state index in [0.717, 1.165) is 0 Å². The highest BCUT2D eigenvalue weighted by atomic mass is 35.5. The summed E-state index contributed by atoms with van der Waals surface area (Å²) in [6.07, 6.45) is 1.30. The van der Waals surface area contributed by atoms with Crippen LogP contribution in [0.2, 0.25) is 5.02 Å². The van der Waals surface area contributed by atoms with Crippen LogP contribution in [0, 0.1) is 0 Å². The summed E-state index contributed by atoms with van der Waals surface area (Å²) >= 11 is 10.9. The number of carbonyl (C=O) groups excluding carboxylic acids is 2. The number of carboxylic acids is 1. The number of benzene rings is 1. The number of furan rings is 1. The highest BCUT2D eigenvalue weighted by Gasteiger charge is 2.33. The number of carbonyl (C=O) groups is 3. The molecule has 1 saturated heterocycles. The molecule has 1 fully saturated rings. The molecule has 29 heavy (non-hydrogen) atoms. The number of ether oxygens (including phenoxy) is 1. The molecule has 1 aromatic carbocycles. The average Bonchev–Trinajstić information content (AvgIpc) is 3.14. The zero-order valence-corrected chi connectivity index (χ0v) is 16.7. The van der Waals surface area contributed by atoms with Crippen molar-refractivity contribution < 1.29 is 28.6 Å². The molecule has 2 N–H and O–H groups in total. The summed E-state index contributed by atoms with van der Waals surface area (Å²) in [5.74, 6) is -1.77. The monoisotopic (exact) mass is 434 g/mol. The number of nitrogens with one attached hydrogen (secondary N) is 1. The molecular weight excluding hydrogens is 420 g/mol. The zero-order valence-electron chi connectivity index (χ0n) is 15.1. The molecule has 3 rings (SSSR count). The molecule has 0 aliphatic carbocycles. The van der Waals surface area contributed by atoms with Gasteiger partial charge in [0.15, 0.2) is 5.11 Å². The number of carboxylic acid groups (broad SMARTS) is 1. The Bertz CT molecular complexity index is 1050. The predicted molar refractivity (Wildman–Crippen MR) is 108 cm³/mol. The van der Waals surface area contributed by atoms with Crippen LogP contribution >= 0.6 is 23.8 Å². The Morgan fingerprint density at radius 3 is 2.79 bits per heavy atom. The van der Waals surface area contributed by atoms with Gasteiger partial charge in [-0.25, -0.2) is 4.79 Å². The van der Waals surface area contributed by atoms with Crippen molar-refractivity contribution in [2.45, 2.75) is 0 Å². The number of thiocarbonyl (C=S) groups is 1. The SMILES string of the molecule is COCCN1C(=O)/C(=C/c2ccc(-c3ccc(Cl)c(C(=O)O)c3)o2)C(=O)NC1=S. The van der Waals surface area contributed by atoms with Crippen LogP contribution in [0.15, 0.2) is 40.3 Å². The van der Waals surface area contributed by atoms with Crippen molar-refractivity contribution in [1.29, 1.82) is 0 Å². The fourth-order valence-corrected chi connectivity index (χ4v) is 3.12. The van der Waals surface area contributed by atoms with E-state index in [2.05, 4.69) is 5.32 Å². The highest BCUT2D eigenvalue weighted by molar-refractivity contribution is 7.80. The van der Waals surface area contributed by atoms with E-state index in [4.69, 9.17) is 33.0 Å². The molecule has 0 unspecified atom stereocenters. The van der Waals surface area contributed by atoms with Crippen molar-refractivity contribution in [1.82, 2.24) is 10.2 Å². The number of hydrogen-bond donors (Lipinski definition) is 2. The third kappa shape index (κ3) is 4.37. The lowest BCUT2D eigenvalue weighted by atomic mass is 10.1. The van der Waals surface area contributed by atoms with E-state index in [1.807, 2.05) is 0 Å². The van der Waals surface area contributed by atoms with Crippen LogP contribution in [0.4, 0.5) is 0 Å². The first-order chi connectivity index (χ1) is 13.8. The van der Waals surface area contributed by atoms with Gasteiger partial charge < -0.3 is 14.3 Å². The number of rotatable bonds is 6. The van der Waals surface area contributed by atoms with E-state index in [-0.39, 0.29) is 40.2 Å². The molecular formula is C19H15ClN2O6S. The first-order valence-corrected chi connectivity index (χ1v) is 9.11. The third-order valence-electron chi connectivity index (χ3n) is 4.10. The Kier molecular flexibility index (Phi) is 6.12. The van der Waals surface area contributed by atoms with Crippen molar-refractivity contribution >= 4 is 52.8 Å². The van der Waals surface area contributed by atoms with Crippen molar-refractivity contribution in [3.63, 3.8) is 0 Å². The summed E-state index contributed by atoms with van der Waals surface area (Å²) in [6.45, 7) is 0.445. The van der Waals surface area contributed by atoms with Crippen molar-refractivity contribution in [2.75, 3.05) is 20.3 Å². The van der Waals surface area contributed by atoms with Gasteiger partial charge in [-0.2, -0.15) is 0 Å². The molecule has 0 atom stereocenters. The Morgan fingerprint density at radius 2 is 2.10 bits per heavy atom. The molecule has 1 aliphatic heterocycles. The summed E-state index contributed by atoms with van der Waals surface area (Å²) in [6, 6.07) is 7.59. The highest BCUT2D eigenvalue weighted by Crippen LogP contribution is 2.28. The van der Waals surface area contributed by atoms with Crippen LogP contribution < -0.4 is 5.32 Å². The first-order valence-electron chi connectivity index (χ1n) is 8.32. The van der Waals surface area contributed by atoms with Gasteiger partial charge in [-0.15, -0.1) is 0 Å². The number of aromatic carboxylic acids is 1. The maximum atomic E-state index is 12.6. The van der Waals surface area contributed by atoms with Gasteiger partial charge in [-0.1, -0.05) is 11.6 Å². The normalized spacial score (nSPS) is 15.7. The van der Waals surface area contributed by atoms with Gasteiger partial charge in [0.25, 0.3) is 11.8 Å². The maximum Gasteiger partial charge on any atom is 0.337 e. The minimum atomic E-state index is -1.16. The molecule has 2 heterocycles. The number of hydrogen-bond acceptors (Lipinski definition) is 6. The summed E-state index contributed by atoms with van der Waals surface area (Å²) in [4.78, 5) is 37.3. The molecule has 1 aliphatic rings. The van der Waals surface area contributed by atoms with Crippen LogP contribution in [0.1, 0.15) is 16.1 Å². The van der Waals surface area contributed by atoms with Gasteiger partial charge in [-0.3, -0.25) is 19.8 Å². The molecule has 150 valence electrons. The molecule has 2 aromatic rings. The minimum Gasteiger partial charge on any atom is -0.478 e. The quantitative estimate of drug-likeness (QED) is 0.408. The molecule has 10 heteroatoms. The topological polar surface area (TPSA) is 109 Å². The zero-order chi connectivity index (χ0) is 21.1. The van der Waals surface area contributed by atoms with Crippen molar-refractivity contribution in [2.24, 2.45) is 0 Å². The molecule has 0 bridgehead atoms. The largest absolute Gasteiger partial charge is 0.478 e.